The normalized spacial score (nSPS) is 23.5. The maximum absolute atomic E-state index is 9.46. The Labute approximate surface area is 67.6 Å². The molecule has 0 bridgehead atoms. The fraction of sp³-hybridized carbons (Fsp3) is 1.00. The number of hydrogen-bond donors (Lipinski definition) is 3. The van der Waals surface area contributed by atoms with Crippen LogP contribution in [0.25, 0.3) is 0 Å². The van der Waals surface area contributed by atoms with E-state index in [1.807, 2.05) is 11.8 Å². The Kier molecular flexibility index (Phi) is 3.79. The highest BCUT2D eigenvalue weighted by molar-refractivity contribution is 4.68. The molecule has 1 heterocycles. The molecule has 1 aliphatic heterocycles. The number of nitrogens with zero attached hydrogens (tertiary/aromatic N) is 1. The summed E-state index contributed by atoms with van der Waals surface area (Å²) in [6, 6.07) is 0. The van der Waals surface area contributed by atoms with Crippen molar-refractivity contribution < 1.29 is 5.11 Å². The van der Waals surface area contributed by atoms with Gasteiger partial charge in [-0.05, 0) is 6.54 Å². The predicted octanol–water partition coefficient (Wildman–Crippen LogP) is -1.22. The third-order valence-corrected chi connectivity index (χ3v) is 1.88. The van der Waals surface area contributed by atoms with Crippen LogP contribution in [0.15, 0.2) is 0 Å². The Morgan fingerprint density at radius 3 is 2.73 bits per heavy atom. The molecule has 0 aliphatic carbocycles. The zero-order valence-electron chi connectivity index (χ0n) is 7.01. The van der Waals surface area contributed by atoms with Crippen molar-refractivity contribution in [3.8, 4) is 0 Å². The first-order chi connectivity index (χ1) is 5.34. The summed E-state index contributed by atoms with van der Waals surface area (Å²) < 4.78 is 0. The van der Waals surface area contributed by atoms with Gasteiger partial charge in [-0.2, -0.15) is 0 Å². The molecule has 0 amide bonds. The number of hydrogen-bond acceptors (Lipinski definition) is 4. The van der Waals surface area contributed by atoms with Gasteiger partial charge in [0.2, 0.25) is 0 Å². The SMILES string of the molecule is CCNC(O)N1CCNCC1. The lowest BCUT2D eigenvalue weighted by Crippen LogP contribution is -2.53. The Hall–Kier alpha value is -0.160. The van der Waals surface area contributed by atoms with E-state index in [-0.39, 0.29) is 0 Å². The molecule has 3 N–H and O–H groups in total. The van der Waals surface area contributed by atoms with Crippen LogP contribution in [0.3, 0.4) is 0 Å². The smallest absolute Gasteiger partial charge is 0.163 e. The summed E-state index contributed by atoms with van der Waals surface area (Å²) in [7, 11) is 0. The van der Waals surface area contributed by atoms with E-state index in [2.05, 4.69) is 10.6 Å². The van der Waals surface area contributed by atoms with Crippen molar-refractivity contribution in [2.45, 2.75) is 13.3 Å². The maximum atomic E-state index is 9.46. The summed E-state index contributed by atoms with van der Waals surface area (Å²) in [6.45, 7) is 6.60. The van der Waals surface area contributed by atoms with E-state index in [0.717, 1.165) is 32.7 Å². The molecule has 0 spiro atoms. The predicted molar refractivity (Wildman–Crippen MR) is 44.1 cm³/mol. The van der Waals surface area contributed by atoms with Gasteiger partial charge in [-0.25, -0.2) is 0 Å². The van der Waals surface area contributed by atoms with E-state index >= 15 is 0 Å². The lowest BCUT2D eigenvalue weighted by molar-refractivity contribution is -0.0268. The highest BCUT2D eigenvalue weighted by atomic mass is 16.3. The average Bonchev–Trinajstić information content (AvgIpc) is 2.07. The van der Waals surface area contributed by atoms with Crippen molar-refractivity contribution in [2.75, 3.05) is 32.7 Å². The first-order valence-electron chi connectivity index (χ1n) is 4.21. The summed E-state index contributed by atoms with van der Waals surface area (Å²) in [5.41, 5.74) is 0. The Morgan fingerprint density at radius 2 is 2.18 bits per heavy atom. The molecule has 1 unspecified atom stereocenters. The Bertz CT molecular complexity index is 104. The molecule has 0 aromatic rings. The molecule has 4 heteroatoms. The summed E-state index contributed by atoms with van der Waals surface area (Å²) in [5.74, 6) is 0. The molecule has 0 aromatic carbocycles. The van der Waals surface area contributed by atoms with Gasteiger partial charge in [-0.15, -0.1) is 0 Å². The van der Waals surface area contributed by atoms with E-state index < -0.39 is 6.35 Å². The van der Waals surface area contributed by atoms with Gasteiger partial charge < -0.3 is 10.4 Å². The standard InChI is InChI=1S/C7H17N3O/c1-2-9-7(11)10-5-3-8-4-6-10/h7-9,11H,2-6H2,1H3. The molecular formula is C7H17N3O. The molecule has 1 atom stereocenters. The molecule has 0 radical (unpaired) electrons. The molecule has 11 heavy (non-hydrogen) atoms. The van der Waals surface area contributed by atoms with Gasteiger partial charge in [0.05, 0.1) is 0 Å². The van der Waals surface area contributed by atoms with Gasteiger partial charge in [0.15, 0.2) is 6.35 Å². The summed E-state index contributed by atoms with van der Waals surface area (Å²) in [4.78, 5) is 2.03. The van der Waals surface area contributed by atoms with Crippen LogP contribution in [0.4, 0.5) is 0 Å². The molecule has 66 valence electrons. The van der Waals surface area contributed by atoms with E-state index in [1.54, 1.807) is 0 Å². The lowest BCUT2D eigenvalue weighted by atomic mass is 10.4. The minimum Gasteiger partial charge on any atom is -0.365 e. The molecular weight excluding hydrogens is 142 g/mol. The molecule has 0 aromatic heterocycles. The van der Waals surface area contributed by atoms with E-state index in [4.69, 9.17) is 0 Å². The van der Waals surface area contributed by atoms with Gasteiger partial charge in [-0.1, -0.05) is 6.92 Å². The second-order valence-corrected chi connectivity index (χ2v) is 2.72. The second-order valence-electron chi connectivity index (χ2n) is 2.72. The monoisotopic (exact) mass is 159 g/mol. The Balaban J connectivity index is 2.21. The van der Waals surface area contributed by atoms with Crippen molar-refractivity contribution in [3.05, 3.63) is 0 Å². The van der Waals surface area contributed by atoms with Crippen LogP contribution >= 0.6 is 0 Å². The van der Waals surface area contributed by atoms with Crippen molar-refractivity contribution in [3.63, 3.8) is 0 Å². The van der Waals surface area contributed by atoms with Gasteiger partial charge in [0.25, 0.3) is 0 Å². The Morgan fingerprint density at radius 1 is 1.55 bits per heavy atom. The number of piperazine rings is 1. The van der Waals surface area contributed by atoms with E-state index in [0.29, 0.717) is 0 Å². The first kappa shape index (κ1) is 8.93. The number of aliphatic hydroxyl groups excluding tert-OH is 1. The summed E-state index contributed by atoms with van der Waals surface area (Å²) in [5, 5.41) is 15.7. The van der Waals surface area contributed by atoms with Gasteiger partial charge in [0.1, 0.15) is 0 Å². The van der Waals surface area contributed by atoms with Crippen LogP contribution in [0.5, 0.6) is 0 Å². The van der Waals surface area contributed by atoms with Gasteiger partial charge >= 0.3 is 0 Å². The van der Waals surface area contributed by atoms with Crippen molar-refractivity contribution in [1.29, 1.82) is 0 Å². The average molecular weight is 159 g/mol. The highest BCUT2D eigenvalue weighted by Crippen LogP contribution is 1.94. The topological polar surface area (TPSA) is 47.5 Å². The quantitative estimate of drug-likeness (QED) is 0.452. The molecule has 1 fully saturated rings. The molecule has 1 saturated heterocycles. The van der Waals surface area contributed by atoms with Gasteiger partial charge in [-0.3, -0.25) is 10.2 Å². The number of nitrogens with one attached hydrogen (secondary N) is 2. The third kappa shape index (κ3) is 2.75. The van der Waals surface area contributed by atoms with Crippen LogP contribution in [-0.2, 0) is 0 Å². The number of rotatable bonds is 3. The molecule has 0 saturated carbocycles. The van der Waals surface area contributed by atoms with E-state index in [1.165, 1.54) is 0 Å². The highest BCUT2D eigenvalue weighted by Gasteiger charge is 2.15. The molecule has 1 rings (SSSR count). The van der Waals surface area contributed by atoms with Crippen molar-refractivity contribution in [2.24, 2.45) is 0 Å². The van der Waals surface area contributed by atoms with Crippen molar-refractivity contribution in [1.82, 2.24) is 15.5 Å². The summed E-state index contributed by atoms with van der Waals surface area (Å²) >= 11 is 0. The van der Waals surface area contributed by atoms with Crippen LogP contribution < -0.4 is 10.6 Å². The largest absolute Gasteiger partial charge is 0.365 e. The maximum Gasteiger partial charge on any atom is 0.163 e. The zero-order chi connectivity index (χ0) is 8.10. The lowest BCUT2D eigenvalue weighted by Gasteiger charge is -2.31. The van der Waals surface area contributed by atoms with Crippen LogP contribution in [-0.4, -0.2) is 49.1 Å². The zero-order valence-corrected chi connectivity index (χ0v) is 7.01. The molecule has 1 aliphatic rings. The van der Waals surface area contributed by atoms with Crippen molar-refractivity contribution >= 4 is 0 Å². The minimum absolute atomic E-state index is 0.456. The number of aliphatic hydroxyl groups is 1. The minimum atomic E-state index is -0.456. The van der Waals surface area contributed by atoms with Crippen LogP contribution in [0.2, 0.25) is 0 Å². The van der Waals surface area contributed by atoms with Gasteiger partial charge in [0, 0.05) is 26.2 Å². The molecule has 4 nitrogen and oxygen atoms in total. The fourth-order valence-corrected chi connectivity index (χ4v) is 1.24. The summed E-state index contributed by atoms with van der Waals surface area (Å²) in [6.07, 6.45) is -0.456. The third-order valence-electron chi connectivity index (χ3n) is 1.88. The van der Waals surface area contributed by atoms with Crippen LogP contribution in [0, 0.1) is 0 Å². The van der Waals surface area contributed by atoms with Crippen LogP contribution in [0.1, 0.15) is 6.92 Å². The first-order valence-corrected chi connectivity index (χ1v) is 4.21. The second kappa shape index (κ2) is 4.66. The fourth-order valence-electron chi connectivity index (χ4n) is 1.24. The van der Waals surface area contributed by atoms with E-state index in [9.17, 15) is 5.11 Å².